The maximum absolute atomic E-state index is 12.4. The number of aliphatic hydroxyl groups is 1. The topological polar surface area (TPSA) is 45.5 Å². The Morgan fingerprint density at radius 3 is 3.06 bits per heavy atom. The summed E-state index contributed by atoms with van der Waals surface area (Å²) in [6.07, 6.45) is 4.23. The summed E-state index contributed by atoms with van der Waals surface area (Å²) >= 11 is 3.42. The third-order valence-electron chi connectivity index (χ3n) is 3.23. The number of carbonyl (C=O) groups excluding carboxylic acids is 1. The van der Waals surface area contributed by atoms with Gasteiger partial charge >= 0.3 is 0 Å². The number of halogens is 1. The largest absolute Gasteiger partial charge is 0.391 e. The van der Waals surface area contributed by atoms with E-state index < -0.39 is 0 Å². The highest BCUT2D eigenvalue weighted by Gasteiger charge is 2.25. The first-order valence-electron chi connectivity index (χ1n) is 6.45. The highest BCUT2D eigenvalue weighted by Crippen LogP contribution is 2.19. The standard InChI is InChI=1S/C13H19BrN2O2/c1-2-5-15-8-10(14)7-12(15)13(18)16-6-3-4-11(17)9-16/h7-8,11,17H,2-6,9H2,1H3. The molecule has 1 aromatic heterocycles. The Hall–Kier alpha value is -0.810. The molecule has 1 N–H and O–H groups in total. The zero-order chi connectivity index (χ0) is 13.1. The third kappa shape index (κ3) is 2.95. The van der Waals surface area contributed by atoms with Crippen LogP contribution in [0.5, 0.6) is 0 Å². The molecule has 2 heterocycles. The molecule has 0 spiro atoms. The van der Waals surface area contributed by atoms with Crippen LogP contribution in [0.15, 0.2) is 16.7 Å². The molecule has 100 valence electrons. The Morgan fingerprint density at radius 1 is 1.61 bits per heavy atom. The number of hydrogen-bond donors (Lipinski definition) is 1. The van der Waals surface area contributed by atoms with Crippen molar-refractivity contribution in [1.29, 1.82) is 0 Å². The molecular weight excluding hydrogens is 296 g/mol. The Morgan fingerprint density at radius 2 is 2.39 bits per heavy atom. The van der Waals surface area contributed by atoms with Gasteiger partial charge in [-0.15, -0.1) is 0 Å². The van der Waals surface area contributed by atoms with Gasteiger partial charge in [-0.2, -0.15) is 0 Å². The molecule has 1 unspecified atom stereocenters. The highest BCUT2D eigenvalue weighted by molar-refractivity contribution is 9.10. The fourth-order valence-electron chi connectivity index (χ4n) is 2.38. The number of piperidine rings is 1. The van der Waals surface area contributed by atoms with Crippen LogP contribution in [-0.2, 0) is 6.54 Å². The molecule has 1 fully saturated rings. The fraction of sp³-hybridized carbons (Fsp3) is 0.615. The number of aryl methyl sites for hydroxylation is 1. The van der Waals surface area contributed by atoms with E-state index in [9.17, 15) is 9.90 Å². The van der Waals surface area contributed by atoms with Crippen LogP contribution in [0, 0.1) is 0 Å². The van der Waals surface area contributed by atoms with Gasteiger partial charge in [-0.3, -0.25) is 4.79 Å². The smallest absolute Gasteiger partial charge is 0.270 e. The summed E-state index contributed by atoms with van der Waals surface area (Å²) in [4.78, 5) is 14.2. The minimum Gasteiger partial charge on any atom is -0.391 e. The van der Waals surface area contributed by atoms with Gasteiger partial charge in [-0.05, 0) is 41.3 Å². The average molecular weight is 315 g/mol. The van der Waals surface area contributed by atoms with Crippen LogP contribution in [-0.4, -0.2) is 39.7 Å². The zero-order valence-corrected chi connectivity index (χ0v) is 12.2. The molecule has 1 atom stereocenters. The van der Waals surface area contributed by atoms with Crippen molar-refractivity contribution in [3.8, 4) is 0 Å². The quantitative estimate of drug-likeness (QED) is 0.930. The number of β-amino-alcohol motifs (C(OH)–C–C–N with tert-alkyl or cyclic N) is 1. The molecule has 1 saturated heterocycles. The van der Waals surface area contributed by atoms with E-state index in [1.807, 2.05) is 16.8 Å². The van der Waals surface area contributed by atoms with Crippen molar-refractivity contribution >= 4 is 21.8 Å². The molecule has 5 heteroatoms. The minimum absolute atomic E-state index is 0.0212. The molecule has 1 aliphatic rings. The van der Waals surface area contributed by atoms with Gasteiger partial charge in [-0.1, -0.05) is 6.92 Å². The normalized spacial score (nSPS) is 20.2. The fourth-order valence-corrected chi connectivity index (χ4v) is 2.84. The molecule has 0 aromatic carbocycles. The number of nitrogens with zero attached hydrogens (tertiary/aromatic N) is 2. The summed E-state index contributed by atoms with van der Waals surface area (Å²) in [5.41, 5.74) is 0.706. The maximum Gasteiger partial charge on any atom is 0.270 e. The summed E-state index contributed by atoms with van der Waals surface area (Å²) in [5, 5.41) is 9.64. The van der Waals surface area contributed by atoms with Crippen LogP contribution in [0.1, 0.15) is 36.7 Å². The van der Waals surface area contributed by atoms with Gasteiger partial charge in [0.05, 0.1) is 6.10 Å². The monoisotopic (exact) mass is 314 g/mol. The van der Waals surface area contributed by atoms with E-state index in [2.05, 4.69) is 22.9 Å². The van der Waals surface area contributed by atoms with Crippen LogP contribution in [0.3, 0.4) is 0 Å². The summed E-state index contributed by atoms with van der Waals surface area (Å²) in [7, 11) is 0. The second-order valence-corrected chi connectivity index (χ2v) is 5.70. The molecule has 1 aromatic rings. The molecule has 0 saturated carbocycles. The highest BCUT2D eigenvalue weighted by atomic mass is 79.9. The molecule has 1 amide bonds. The van der Waals surface area contributed by atoms with Crippen LogP contribution in [0.2, 0.25) is 0 Å². The zero-order valence-electron chi connectivity index (χ0n) is 10.6. The summed E-state index contributed by atoms with van der Waals surface area (Å²) in [5.74, 6) is 0.0212. The van der Waals surface area contributed by atoms with E-state index in [0.29, 0.717) is 12.2 Å². The third-order valence-corrected chi connectivity index (χ3v) is 3.66. The van der Waals surface area contributed by atoms with E-state index in [0.717, 1.165) is 36.8 Å². The van der Waals surface area contributed by atoms with Gasteiger partial charge in [0, 0.05) is 30.3 Å². The molecular formula is C13H19BrN2O2. The van der Waals surface area contributed by atoms with Crippen molar-refractivity contribution < 1.29 is 9.90 Å². The number of hydrogen-bond acceptors (Lipinski definition) is 2. The SMILES string of the molecule is CCCn1cc(Br)cc1C(=O)N1CCCC(O)C1. The van der Waals surface area contributed by atoms with Crippen molar-refractivity contribution in [3.63, 3.8) is 0 Å². The van der Waals surface area contributed by atoms with Crippen molar-refractivity contribution in [2.45, 2.75) is 38.8 Å². The van der Waals surface area contributed by atoms with Crippen molar-refractivity contribution in [2.24, 2.45) is 0 Å². The van der Waals surface area contributed by atoms with E-state index >= 15 is 0 Å². The summed E-state index contributed by atoms with van der Waals surface area (Å²) in [6, 6.07) is 1.86. The average Bonchev–Trinajstić information content (AvgIpc) is 2.70. The molecule has 2 rings (SSSR count). The first kappa shape index (κ1) is 13.6. The van der Waals surface area contributed by atoms with Crippen LogP contribution < -0.4 is 0 Å². The molecule has 0 aliphatic carbocycles. The van der Waals surface area contributed by atoms with Gasteiger partial charge in [0.2, 0.25) is 0 Å². The van der Waals surface area contributed by atoms with Crippen LogP contribution in [0.25, 0.3) is 0 Å². The second kappa shape index (κ2) is 5.89. The number of carbonyl (C=O) groups is 1. The summed E-state index contributed by atoms with van der Waals surface area (Å²) < 4.78 is 2.91. The van der Waals surface area contributed by atoms with Crippen molar-refractivity contribution in [2.75, 3.05) is 13.1 Å². The number of rotatable bonds is 3. The lowest BCUT2D eigenvalue weighted by atomic mass is 10.1. The lowest BCUT2D eigenvalue weighted by Gasteiger charge is -2.30. The Kier molecular flexibility index (Phi) is 4.45. The van der Waals surface area contributed by atoms with Gasteiger partial charge in [0.25, 0.3) is 5.91 Å². The number of aromatic nitrogens is 1. The van der Waals surface area contributed by atoms with Gasteiger partial charge in [-0.25, -0.2) is 0 Å². The van der Waals surface area contributed by atoms with Crippen molar-refractivity contribution in [1.82, 2.24) is 9.47 Å². The Balaban J connectivity index is 2.17. The van der Waals surface area contributed by atoms with E-state index in [1.165, 1.54) is 0 Å². The molecule has 0 bridgehead atoms. The maximum atomic E-state index is 12.4. The Bertz CT molecular complexity index is 431. The predicted molar refractivity (Wildman–Crippen MR) is 73.6 cm³/mol. The number of amides is 1. The van der Waals surface area contributed by atoms with Gasteiger partial charge < -0.3 is 14.6 Å². The van der Waals surface area contributed by atoms with E-state index in [-0.39, 0.29) is 12.0 Å². The molecule has 1 aliphatic heterocycles. The van der Waals surface area contributed by atoms with Crippen molar-refractivity contribution in [3.05, 3.63) is 22.4 Å². The Labute approximate surface area is 116 Å². The number of aliphatic hydroxyl groups excluding tert-OH is 1. The van der Waals surface area contributed by atoms with Gasteiger partial charge in [0.1, 0.15) is 5.69 Å². The molecule has 4 nitrogen and oxygen atoms in total. The van der Waals surface area contributed by atoms with E-state index in [4.69, 9.17) is 0 Å². The minimum atomic E-state index is -0.374. The summed E-state index contributed by atoms with van der Waals surface area (Å²) in [6.45, 7) is 4.12. The lowest BCUT2D eigenvalue weighted by Crippen LogP contribution is -2.42. The second-order valence-electron chi connectivity index (χ2n) is 4.78. The lowest BCUT2D eigenvalue weighted by molar-refractivity contribution is 0.0465. The first-order chi connectivity index (χ1) is 8.61. The van der Waals surface area contributed by atoms with Crippen LogP contribution in [0.4, 0.5) is 0 Å². The molecule has 18 heavy (non-hydrogen) atoms. The van der Waals surface area contributed by atoms with Crippen LogP contribution >= 0.6 is 15.9 Å². The molecule has 0 radical (unpaired) electrons. The first-order valence-corrected chi connectivity index (χ1v) is 7.24. The van der Waals surface area contributed by atoms with E-state index in [1.54, 1.807) is 4.90 Å². The van der Waals surface area contributed by atoms with Gasteiger partial charge in [0.15, 0.2) is 0 Å². The number of likely N-dealkylation sites (tertiary alicyclic amines) is 1. The predicted octanol–water partition coefficient (Wildman–Crippen LogP) is 2.26.